The molecule has 4 rings (SSSR count). The molecular weight excluding hydrogens is 460 g/mol. The molecule has 33 heavy (non-hydrogen) atoms. The molecule has 1 aliphatic heterocycles. The van der Waals surface area contributed by atoms with Crippen molar-refractivity contribution in [1.82, 2.24) is 9.47 Å². The molecule has 168 valence electrons. The number of rotatable bonds is 6. The zero-order chi connectivity index (χ0) is 23.5. The number of aromatic nitrogens is 1. The summed E-state index contributed by atoms with van der Waals surface area (Å²) in [7, 11) is 3.95. The van der Waals surface area contributed by atoms with Crippen LogP contribution in [0.3, 0.4) is 0 Å². The number of nitrogens with zero attached hydrogens (tertiary/aromatic N) is 3. The van der Waals surface area contributed by atoms with Crippen LogP contribution in [0.2, 0.25) is 5.02 Å². The molecule has 9 heteroatoms. The van der Waals surface area contributed by atoms with Crippen LogP contribution in [0, 0.1) is 0 Å². The van der Waals surface area contributed by atoms with Crippen LogP contribution < -0.4 is 10.2 Å². The van der Waals surface area contributed by atoms with Gasteiger partial charge in [-0.2, -0.15) is 0 Å². The minimum atomic E-state index is -0.494. The van der Waals surface area contributed by atoms with Gasteiger partial charge in [-0.1, -0.05) is 11.6 Å². The zero-order valence-corrected chi connectivity index (χ0v) is 19.6. The van der Waals surface area contributed by atoms with Crippen molar-refractivity contribution in [3.63, 3.8) is 0 Å². The van der Waals surface area contributed by atoms with Crippen molar-refractivity contribution in [1.29, 1.82) is 0 Å². The standard InChI is InChI=1S/C24H21ClN4O3S/c1-27(2)18-9-11-19(12-10-18)28-13-3-4-20(28)14-21-23(31)29(24(32)33-21)15-22(30)26-17-7-5-16(25)6-8-17/h3-14H,15H2,1-2H3,(H,26,30)/b21-14-. The van der Waals surface area contributed by atoms with E-state index in [0.29, 0.717) is 10.7 Å². The number of hydrogen-bond acceptors (Lipinski definition) is 5. The molecule has 2 heterocycles. The van der Waals surface area contributed by atoms with E-state index in [4.69, 9.17) is 11.6 Å². The van der Waals surface area contributed by atoms with E-state index < -0.39 is 17.1 Å². The highest BCUT2D eigenvalue weighted by Gasteiger charge is 2.36. The van der Waals surface area contributed by atoms with Crippen molar-refractivity contribution < 1.29 is 14.4 Å². The lowest BCUT2D eigenvalue weighted by Crippen LogP contribution is -2.36. The third-order valence-electron chi connectivity index (χ3n) is 5.01. The molecule has 0 atom stereocenters. The Kier molecular flexibility index (Phi) is 6.57. The Labute approximate surface area is 200 Å². The fraction of sp³-hybridized carbons (Fsp3) is 0.125. The van der Waals surface area contributed by atoms with Gasteiger partial charge in [-0.25, -0.2) is 0 Å². The van der Waals surface area contributed by atoms with Gasteiger partial charge in [0.25, 0.3) is 11.1 Å². The van der Waals surface area contributed by atoms with E-state index in [2.05, 4.69) is 5.32 Å². The molecule has 3 aromatic rings. The predicted molar refractivity (Wildman–Crippen MR) is 133 cm³/mol. The first-order chi connectivity index (χ1) is 15.8. The number of imide groups is 1. The molecule has 1 N–H and O–H groups in total. The molecule has 1 fully saturated rings. The molecule has 1 aliphatic rings. The lowest BCUT2D eigenvalue weighted by Gasteiger charge is -2.14. The second kappa shape index (κ2) is 9.56. The summed E-state index contributed by atoms with van der Waals surface area (Å²) in [6, 6.07) is 18.3. The van der Waals surface area contributed by atoms with Crippen LogP contribution in [-0.2, 0) is 9.59 Å². The third-order valence-corrected chi connectivity index (χ3v) is 6.17. The average molecular weight is 481 g/mol. The van der Waals surface area contributed by atoms with E-state index in [1.807, 2.05) is 66.2 Å². The van der Waals surface area contributed by atoms with Gasteiger partial charge in [0.2, 0.25) is 5.91 Å². The zero-order valence-electron chi connectivity index (χ0n) is 18.0. The number of carbonyl (C=O) groups is 3. The third kappa shape index (κ3) is 5.13. The summed E-state index contributed by atoms with van der Waals surface area (Å²) in [6.45, 7) is -0.363. The molecule has 1 aromatic heterocycles. The number of nitrogens with one attached hydrogen (secondary N) is 1. The molecule has 0 spiro atoms. The fourth-order valence-corrected chi connectivity index (χ4v) is 4.26. The van der Waals surface area contributed by atoms with Crippen molar-refractivity contribution in [3.05, 3.63) is 82.5 Å². The maximum absolute atomic E-state index is 12.8. The van der Waals surface area contributed by atoms with Crippen LogP contribution >= 0.6 is 23.4 Å². The smallest absolute Gasteiger partial charge is 0.294 e. The van der Waals surface area contributed by atoms with Crippen LogP contribution in [0.1, 0.15) is 5.69 Å². The molecule has 2 aromatic carbocycles. The summed E-state index contributed by atoms with van der Waals surface area (Å²) in [4.78, 5) is 40.9. The SMILES string of the molecule is CN(C)c1ccc(-n2cccc2/C=C2\SC(=O)N(CC(=O)Nc3ccc(Cl)cc3)C2=O)cc1. The first-order valence-electron chi connectivity index (χ1n) is 10.1. The number of benzene rings is 2. The highest BCUT2D eigenvalue weighted by Crippen LogP contribution is 2.32. The van der Waals surface area contributed by atoms with Crippen LogP contribution in [0.15, 0.2) is 71.8 Å². The Morgan fingerprint density at radius 3 is 2.42 bits per heavy atom. The summed E-state index contributed by atoms with van der Waals surface area (Å²) >= 11 is 6.67. The topological polar surface area (TPSA) is 74.7 Å². The Morgan fingerprint density at radius 1 is 1.06 bits per heavy atom. The van der Waals surface area contributed by atoms with Crippen LogP contribution in [0.5, 0.6) is 0 Å². The lowest BCUT2D eigenvalue weighted by molar-refractivity contribution is -0.127. The number of carbonyl (C=O) groups excluding carboxylic acids is 3. The van der Waals surface area contributed by atoms with Crippen LogP contribution in [0.25, 0.3) is 11.8 Å². The lowest BCUT2D eigenvalue weighted by atomic mass is 10.2. The number of anilines is 2. The molecule has 0 saturated carbocycles. The normalized spacial score (nSPS) is 14.8. The van der Waals surface area contributed by atoms with E-state index in [-0.39, 0.29) is 11.4 Å². The quantitative estimate of drug-likeness (QED) is 0.509. The number of halogens is 1. The van der Waals surface area contributed by atoms with Crippen molar-refractivity contribution in [2.24, 2.45) is 0 Å². The van der Waals surface area contributed by atoms with E-state index in [0.717, 1.165) is 33.7 Å². The minimum Gasteiger partial charge on any atom is -0.378 e. The van der Waals surface area contributed by atoms with Gasteiger partial charge in [-0.3, -0.25) is 19.3 Å². The van der Waals surface area contributed by atoms with Crippen LogP contribution in [-0.4, -0.2) is 47.2 Å². The first-order valence-corrected chi connectivity index (χ1v) is 11.3. The highest BCUT2D eigenvalue weighted by molar-refractivity contribution is 8.18. The van der Waals surface area contributed by atoms with Gasteiger partial charge in [0.1, 0.15) is 6.54 Å². The summed E-state index contributed by atoms with van der Waals surface area (Å²) in [5.74, 6) is -0.961. The summed E-state index contributed by atoms with van der Waals surface area (Å²) in [6.07, 6.45) is 3.56. The van der Waals surface area contributed by atoms with Gasteiger partial charge in [0, 0.05) is 48.1 Å². The molecular formula is C24H21ClN4O3S. The highest BCUT2D eigenvalue weighted by atomic mass is 35.5. The molecule has 0 unspecified atom stereocenters. The van der Waals surface area contributed by atoms with Crippen molar-refractivity contribution >= 4 is 57.9 Å². The predicted octanol–water partition coefficient (Wildman–Crippen LogP) is 4.87. The monoisotopic (exact) mass is 480 g/mol. The van der Waals surface area contributed by atoms with Crippen molar-refractivity contribution in [2.45, 2.75) is 0 Å². The number of hydrogen-bond donors (Lipinski definition) is 1. The molecule has 7 nitrogen and oxygen atoms in total. The number of amides is 3. The molecule has 0 bridgehead atoms. The van der Waals surface area contributed by atoms with Gasteiger partial charge < -0.3 is 14.8 Å². The Balaban J connectivity index is 1.48. The van der Waals surface area contributed by atoms with E-state index in [1.54, 1.807) is 30.3 Å². The number of thioether (sulfide) groups is 1. The molecule has 3 amide bonds. The molecule has 1 saturated heterocycles. The summed E-state index contributed by atoms with van der Waals surface area (Å²) in [5.41, 5.74) is 3.29. The van der Waals surface area contributed by atoms with E-state index in [9.17, 15) is 14.4 Å². The van der Waals surface area contributed by atoms with E-state index in [1.165, 1.54) is 0 Å². The van der Waals surface area contributed by atoms with Gasteiger partial charge in [-0.15, -0.1) is 0 Å². The Bertz CT molecular complexity index is 1230. The average Bonchev–Trinajstić information content (AvgIpc) is 3.35. The Morgan fingerprint density at radius 2 is 1.76 bits per heavy atom. The summed E-state index contributed by atoms with van der Waals surface area (Å²) < 4.78 is 1.93. The fourth-order valence-electron chi connectivity index (χ4n) is 3.31. The molecule has 0 radical (unpaired) electrons. The second-order valence-electron chi connectivity index (χ2n) is 7.54. The van der Waals surface area contributed by atoms with Crippen LogP contribution in [0.4, 0.5) is 16.2 Å². The van der Waals surface area contributed by atoms with Gasteiger partial charge in [0.05, 0.1) is 4.91 Å². The maximum atomic E-state index is 12.8. The van der Waals surface area contributed by atoms with Gasteiger partial charge in [0.15, 0.2) is 0 Å². The minimum absolute atomic E-state index is 0.268. The van der Waals surface area contributed by atoms with Gasteiger partial charge in [-0.05, 0) is 78.5 Å². The Hall–Kier alpha value is -3.49. The van der Waals surface area contributed by atoms with Crippen molar-refractivity contribution in [3.8, 4) is 5.69 Å². The van der Waals surface area contributed by atoms with Crippen molar-refractivity contribution in [2.75, 3.05) is 30.9 Å². The first kappa shape index (κ1) is 22.7. The maximum Gasteiger partial charge on any atom is 0.294 e. The second-order valence-corrected chi connectivity index (χ2v) is 8.97. The largest absolute Gasteiger partial charge is 0.378 e. The van der Waals surface area contributed by atoms with Gasteiger partial charge >= 0.3 is 0 Å². The molecule has 0 aliphatic carbocycles. The summed E-state index contributed by atoms with van der Waals surface area (Å²) in [5, 5.41) is 2.72. The van der Waals surface area contributed by atoms with E-state index >= 15 is 0 Å².